The summed E-state index contributed by atoms with van der Waals surface area (Å²) < 4.78 is 1.19. The Balaban J connectivity index is 2.46. The molecule has 1 aromatic carbocycles. The van der Waals surface area contributed by atoms with Gasteiger partial charge in [0.1, 0.15) is 0 Å². The van der Waals surface area contributed by atoms with E-state index in [1.165, 1.54) is 3.57 Å². The van der Waals surface area contributed by atoms with Crippen molar-refractivity contribution in [2.45, 2.75) is 0 Å². The van der Waals surface area contributed by atoms with E-state index in [1.54, 1.807) is 19.0 Å². The largest absolute Gasteiger partial charge is 0.376 e. The number of rotatable bonds is 3. The molecule has 0 radical (unpaired) electrons. The minimum Gasteiger partial charge on any atom is -0.376 e. The maximum absolute atomic E-state index is 11.2. The summed E-state index contributed by atoms with van der Waals surface area (Å²) in [4.78, 5) is 12.8. The maximum Gasteiger partial charge on any atom is 0.241 e. The van der Waals surface area contributed by atoms with Crippen molar-refractivity contribution in [3.8, 4) is 0 Å². The summed E-state index contributed by atoms with van der Waals surface area (Å²) in [6.07, 6.45) is 0. The highest BCUT2D eigenvalue weighted by Gasteiger charge is 2.02. The van der Waals surface area contributed by atoms with Crippen molar-refractivity contribution < 1.29 is 4.79 Å². The molecule has 0 bridgehead atoms. The van der Waals surface area contributed by atoms with Crippen LogP contribution >= 0.6 is 22.6 Å². The topological polar surface area (TPSA) is 32.3 Å². The van der Waals surface area contributed by atoms with E-state index in [4.69, 9.17) is 0 Å². The molecule has 0 fully saturated rings. The first-order chi connectivity index (χ1) is 6.59. The van der Waals surface area contributed by atoms with Crippen LogP contribution in [0, 0.1) is 3.57 Å². The third kappa shape index (κ3) is 3.53. The normalized spacial score (nSPS) is 9.64. The van der Waals surface area contributed by atoms with Crippen molar-refractivity contribution in [1.82, 2.24) is 4.90 Å². The molecule has 1 rings (SSSR count). The molecule has 0 heterocycles. The first-order valence-electron chi connectivity index (χ1n) is 4.29. The van der Waals surface area contributed by atoms with Crippen molar-refractivity contribution in [1.29, 1.82) is 0 Å². The zero-order chi connectivity index (χ0) is 10.6. The summed E-state index contributed by atoms with van der Waals surface area (Å²) in [5.41, 5.74) is 0.973. The summed E-state index contributed by atoms with van der Waals surface area (Å²) >= 11 is 2.25. The van der Waals surface area contributed by atoms with Crippen molar-refractivity contribution in [3.05, 3.63) is 27.8 Å². The lowest BCUT2D eigenvalue weighted by Crippen LogP contribution is -2.28. The number of hydrogen-bond donors (Lipinski definition) is 1. The van der Waals surface area contributed by atoms with Crippen molar-refractivity contribution in [3.63, 3.8) is 0 Å². The number of carbonyl (C=O) groups excluding carboxylic acids is 1. The summed E-state index contributed by atoms with van der Waals surface area (Å²) in [6, 6.07) is 7.93. The summed E-state index contributed by atoms with van der Waals surface area (Å²) in [5.74, 6) is 0.0727. The van der Waals surface area contributed by atoms with E-state index in [0.29, 0.717) is 6.54 Å². The Hall–Kier alpha value is -0.780. The van der Waals surface area contributed by atoms with E-state index in [2.05, 4.69) is 27.9 Å². The number of benzene rings is 1. The molecular formula is C10H13IN2O. The second kappa shape index (κ2) is 5.19. The minimum absolute atomic E-state index is 0.0727. The van der Waals surface area contributed by atoms with Crippen LogP contribution in [0.1, 0.15) is 0 Å². The number of anilines is 1. The van der Waals surface area contributed by atoms with Gasteiger partial charge in [-0.3, -0.25) is 4.79 Å². The molecule has 14 heavy (non-hydrogen) atoms. The molecule has 1 amide bonds. The predicted octanol–water partition coefficient (Wildman–Crippen LogP) is 1.79. The first kappa shape index (κ1) is 11.3. The number of carbonyl (C=O) groups is 1. The highest BCUT2D eigenvalue weighted by atomic mass is 127. The van der Waals surface area contributed by atoms with Gasteiger partial charge in [-0.15, -0.1) is 0 Å². The van der Waals surface area contributed by atoms with Crippen LogP contribution in [0.15, 0.2) is 24.3 Å². The van der Waals surface area contributed by atoms with Gasteiger partial charge in [0.2, 0.25) is 5.91 Å². The molecule has 0 spiro atoms. The van der Waals surface area contributed by atoms with Crippen LogP contribution in [-0.2, 0) is 4.79 Å². The van der Waals surface area contributed by atoms with Crippen LogP contribution < -0.4 is 5.32 Å². The zero-order valence-electron chi connectivity index (χ0n) is 8.25. The fourth-order valence-corrected chi connectivity index (χ4v) is 1.26. The lowest BCUT2D eigenvalue weighted by atomic mass is 10.3. The van der Waals surface area contributed by atoms with E-state index < -0.39 is 0 Å². The maximum atomic E-state index is 11.2. The lowest BCUT2D eigenvalue weighted by Gasteiger charge is -2.11. The first-order valence-corrected chi connectivity index (χ1v) is 5.37. The van der Waals surface area contributed by atoms with Crippen LogP contribution in [0.5, 0.6) is 0 Å². The van der Waals surface area contributed by atoms with Crippen molar-refractivity contribution in [2.24, 2.45) is 0 Å². The molecule has 0 aliphatic heterocycles. The fourth-order valence-electron chi connectivity index (χ4n) is 0.904. The van der Waals surface area contributed by atoms with Crippen molar-refractivity contribution in [2.75, 3.05) is 26.0 Å². The average Bonchev–Trinajstić information content (AvgIpc) is 2.16. The molecular weight excluding hydrogens is 291 g/mol. The predicted molar refractivity (Wildman–Crippen MR) is 66.3 cm³/mol. The average molecular weight is 304 g/mol. The van der Waals surface area contributed by atoms with Gasteiger partial charge in [0.15, 0.2) is 0 Å². The molecule has 0 saturated heterocycles. The third-order valence-corrected chi connectivity index (χ3v) is 2.51. The Labute approximate surface area is 97.6 Å². The summed E-state index contributed by atoms with van der Waals surface area (Å²) in [7, 11) is 3.50. The van der Waals surface area contributed by atoms with Gasteiger partial charge in [0.05, 0.1) is 6.54 Å². The molecule has 76 valence electrons. The Kier molecular flexibility index (Phi) is 4.19. The Morgan fingerprint density at radius 3 is 2.43 bits per heavy atom. The Morgan fingerprint density at radius 1 is 1.36 bits per heavy atom. The molecule has 1 N–H and O–H groups in total. The SMILES string of the molecule is CN(C)C(=O)CNc1ccc(I)cc1. The molecule has 0 unspecified atom stereocenters. The number of likely N-dealkylation sites (N-methyl/N-ethyl adjacent to an activating group) is 1. The van der Waals surface area contributed by atoms with Gasteiger partial charge in [0, 0.05) is 23.4 Å². The number of halogens is 1. The van der Waals surface area contributed by atoms with Gasteiger partial charge < -0.3 is 10.2 Å². The van der Waals surface area contributed by atoms with E-state index in [1.807, 2.05) is 24.3 Å². The molecule has 0 saturated carbocycles. The number of nitrogens with one attached hydrogen (secondary N) is 1. The molecule has 3 nitrogen and oxygen atoms in total. The smallest absolute Gasteiger partial charge is 0.241 e. The Bertz CT molecular complexity index is 308. The van der Waals surface area contributed by atoms with E-state index in [0.717, 1.165) is 5.69 Å². The molecule has 0 atom stereocenters. The fraction of sp³-hybridized carbons (Fsp3) is 0.300. The van der Waals surface area contributed by atoms with Gasteiger partial charge in [-0.1, -0.05) is 0 Å². The van der Waals surface area contributed by atoms with Gasteiger partial charge in [-0.25, -0.2) is 0 Å². The van der Waals surface area contributed by atoms with E-state index >= 15 is 0 Å². The second-order valence-electron chi connectivity index (χ2n) is 3.15. The minimum atomic E-state index is 0.0727. The van der Waals surface area contributed by atoms with Crippen LogP contribution in [-0.4, -0.2) is 31.4 Å². The second-order valence-corrected chi connectivity index (χ2v) is 4.39. The van der Waals surface area contributed by atoms with Crippen LogP contribution in [0.3, 0.4) is 0 Å². The molecule has 0 aliphatic rings. The molecule has 0 aromatic heterocycles. The third-order valence-electron chi connectivity index (χ3n) is 1.79. The van der Waals surface area contributed by atoms with Gasteiger partial charge in [0.25, 0.3) is 0 Å². The van der Waals surface area contributed by atoms with Gasteiger partial charge >= 0.3 is 0 Å². The van der Waals surface area contributed by atoms with Crippen LogP contribution in [0.2, 0.25) is 0 Å². The van der Waals surface area contributed by atoms with Crippen LogP contribution in [0.25, 0.3) is 0 Å². The number of amides is 1. The zero-order valence-corrected chi connectivity index (χ0v) is 10.4. The lowest BCUT2D eigenvalue weighted by molar-refractivity contribution is -0.126. The van der Waals surface area contributed by atoms with Crippen LogP contribution in [0.4, 0.5) is 5.69 Å². The highest BCUT2D eigenvalue weighted by Crippen LogP contribution is 2.10. The van der Waals surface area contributed by atoms with E-state index in [-0.39, 0.29) is 5.91 Å². The Morgan fingerprint density at radius 2 is 1.93 bits per heavy atom. The highest BCUT2D eigenvalue weighted by molar-refractivity contribution is 14.1. The van der Waals surface area contributed by atoms with Crippen molar-refractivity contribution >= 4 is 34.2 Å². The van der Waals surface area contributed by atoms with Gasteiger partial charge in [-0.2, -0.15) is 0 Å². The van der Waals surface area contributed by atoms with Gasteiger partial charge in [-0.05, 0) is 46.9 Å². The summed E-state index contributed by atoms with van der Waals surface area (Å²) in [5, 5.41) is 3.06. The molecule has 4 heteroatoms. The standard InChI is InChI=1S/C10H13IN2O/c1-13(2)10(14)7-12-9-5-3-8(11)4-6-9/h3-6,12H,7H2,1-2H3. The summed E-state index contributed by atoms with van der Waals surface area (Å²) in [6.45, 7) is 0.341. The number of nitrogens with zero attached hydrogens (tertiary/aromatic N) is 1. The quantitative estimate of drug-likeness (QED) is 0.864. The van der Waals surface area contributed by atoms with E-state index in [9.17, 15) is 4.79 Å². The monoisotopic (exact) mass is 304 g/mol. The molecule has 0 aliphatic carbocycles. The number of hydrogen-bond acceptors (Lipinski definition) is 2. The molecule has 1 aromatic rings.